The number of carbonyl (C=O) groups is 1. The average molecular weight is 353 g/mol. The molecule has 0 saturated carbocycles. The molecule has 2 aromatic rings. The Morgan fingerprint density at radius 1 is 1.15 bits per heavy atom. The predicted octanol–water partition coefficient (Wildman–Crippen LogP) is 4.31. The number of ether oxygens (including phenoxy) is 2. The van der Waals surface area contributed by atoms with E-state index in [2.05, 4.69) is 13.0 Å². The quantitative estimate of drug-likeness (QED) is 0.776. The highest BCUT2D eigenvalue weighted by atomic mass is 16.5. The Bertz CT molecular complexity index is 785. The molecule has 0 spiro atoms. The van der Waals surface area contributed by atoms with Gasteiger partial charge in [-0.2, -0.15) is 0 Å². The van der Waals surface area contributed by atoms with Crippen LogP contribution in [0.3, 0.4) is 0 Å². The third-order valence-electron chi connectivity index (χ3n) is 4.96. The van der Waals surface area contributed by atoms with Crippen LogP contribution in [0.15, 0.2) is 36.4 Å². The molecular weight excluding hydrogens is 326 g/mol. The van der Waals surface area contributed by atoms with Crippen LogP contribution in [0.4, 0.5) is 5.69 Å². The van der Waals surface area contributed by atoms with Crippen LogP contribution in [0.1, 0.15) is 36.5 Å². The van der Waals surface area contributed by atoms with Gasteiger partial charge in [-0.15, -0.1) is 0 Å². The summed E-state index contributed by atoms with van der Waals surface area (Å²) in [6.45, 7) is 5.45. The number of fused-ring (bicyclic) bond motifs is 1. The Kier molecular flexibility index (Phi) is 5.82. The zero-order valence-electron chi connectivity index (χ0n) is 15.9. The van der Waals surface area contributed by atoms with Crippen molar-refractivity contribution in [2.45, 2.75) is 39.5 Å². The number of benzene rings is 2. The lowest BCUT2D eigenvalue weighted by Crippen LogP contribution is -2.36. The number of para-hydroxylation sites is 1. The topological polar surface area (TPSA) is 38.8 Å². The number of amides is 1. The Hall–Kier alpha value is -2.49. The SMILES string of the molecule is CCOc1ccccc1CCC(=O)N1CCCc2c(C)ccc(OC)c21. The zero-order valence-corrected chi connectivity index (χ0v) is 15.9. The lowest BCUT2D eigenvalue weighted by atomic mass is 9.95. The maximum atomic E-state index is 13.0. The normalized spacial score (nSPS) is 13.3. The van der Waals surface area contributed by atoms with E-state index >= 15 is 0 Å². The first-order valence-electron chi connectivity index (χ1n) is 9.33. The first kappa shape index (κ1) is 18.3. The van der Waals surface area contributed by atoms with Crippen molar-refractivity contribution in [3.05, 3.63) is 53.1 Å². The molecule has 0 bridgehead atoms. The van der Waals surface area contributed by atoms with E-state index in [0.29, 0.717) is 19.4 Å². The highest BCUT2D eigenvalue weighted by Crippen LogP contribution is 2.38. The summed E-state index contributed by atoms with van der Waals surface area (Å²) in [5.74, 6) is 1.80. The van der Waals surface area contributed by atoms with Crippen molar-refractivity contribution in [3.8, 4) is 11.5 Å². The standard InChI is InChI=1S/C22H27NO3/c1-4-26-19-10-6-5-8-17(19)12-14-21(24)23-15-7-9-18-16(2)11-13-20(25-3)22(18)23/h5-6,8,10-11,13H,4,7,9,12,14-15H2,1-3H3. The van der Waals surface area contributed by atoms with Gasteiger partial charge in [0, 0.05) is 13.0 Å². The predicted molar refractivity (Wildman–Crippen MR) is 104 cm³/mol. The third kappa shape index (κ3) is 3.69. The van der Waals surface area contributed by atoms with Gasteiger partial charge >= 0.3 is 0 Å². The summed E-state index contributed by atoms with van der Waals surface area (Å²) in [6, 6.07) is 12.0. The van der Waals surface area contributed by atoms with Crippen LogP contribution in [0.2, 0.25) is 0 Å². The molecule has 0 unspecified atom stereocenters. The van der Waals surface area contributed by atoms with Crippen molar-refractivity contribution in [2.24, 2.45) is 0 Å². The van der Waals surface area contributed by atoms with Gasteiger partial charge in [-0.1, -0.05) is 24.3 Å². The highest BCUT2D eigenvalue weighted by molar-refractivity contribution is 5.96. The van der Waals surface area contributed by atoms with Gasteiger partial charge in [0.1, 0.15) is 11.5 Å². The second-order valence-corrected chi connectivity index (χ2v) is 6.60. The Balaban J connectivity index is 1.80. The lowest BCUT2D eigenvalue weighted by molar-refractivity contribution is -0.118. The van der Waals surface area contributed by atoms with Gasteiger partial charge in [0.05, 0.1) is 19.4 Å². The molecule has 0 fully saturated rings. The number of hydrogen-bond donors (Lipinski definition) is 0. The molecule has 4 heteroatoms. The highest BCUT2D eigenvalue weighted by Gasteiger charge is 2.27. The van der Waals surface area contributed by atoms with E-state index in [1.807, 2.05) is 42.2 Å². The van der Waals surface area contributed by atoms with E-state index in [-0.39, 0.29) is 5.91 Å². The van der Waals surface area contributed by atoms with E-state index in [4.69, 9.17) is 9.47 Å². The third-order valence-corrected chi connectivity index (χ3v) is 4.96. The zero-order chi connectivity index (χ0) is 18.5. The smallest absolute Gasteiger partial charge is 0.227 e. The molecule has 0 aliphatic carbocycles. The number of anilines is 1. The van der Waals surface area contributed by atoms with Crippen molar-refractivity contribution >= 4 is 11.6 Å². The van der Waals surface area contributed by atoms with Crippen LogP contribution >= 0.6 is 0 Å². The fourth-order valence-electron chi connectivity index (χ4n) is 3.65. The molecule has 0 atom stereocenters. The van der Waals surface area contributed by atoms with Crippen LogP contribution in [0.5, 0.6) is 11.5 Å². The maximum Gasteiger partial charge on any atom is 0.227 e. The molecule has 4 nitrogen and oxygen atoms in total. The Morgan fingerprint density at radius 2 is 1.96 bits per heavy atom. The van der Waals surface area contributed by atoms with E-state index < -0.39 is 0 Å². The molecule has 0 radical (unpaired) electrons. The van der Waals surface area contributed by atoms with Crippen LogP contribution in [-0.2, 0) is 17.6 Å². The minimum Gasteiger partial charge on any atom is -0.495 e. The molecule has 1 aliphatic heterocycles. The fourth-order valence-corrected chi connectivity index (χ4v) is 3.65. The average Bonchev–Trinajstić information content (AvgIpc) is 2.67. The van der Waals surface area contributed by atoms with Crippen LogP contribution in [-0.4, -0.2) is 26.2 Å². The van der Waals surface area contributed by atoms with Crippen molar-refractivity contribution in [1.29, 1.82) is 0 Å². The molecule has 138 valence electrons. The van der Waals surface area contributed by atoms with E-state index in [9.17, 15) is 4.79 Å². The molecule has 1 aliphatic rings. The van der Waals surface area contributed by atoms with Crippen molar-refractivity contribution < 1.29 is 14.3 Å². The molecule has 1 heterocycles. The summed E-state index contributed by atoms with van der Waals surface area (Å²) in [7, 11) is 1.67. The van der Waals surface area contributed by atoms with Crippen LogP contribution < -0.4 is 14.4 Å². The van der Waals surface area contributed by atoms with Gasteiger partial charge in [0.2, 0.25) is 5.91 Å². The molecule has 26 heavy (non-hydrogen) atoms. The lowest BCUT2D eigenvalue weighted by Gasteiger charge is -2.32. The number of carbonyl (C=O) groups excluding carboxylic acids is 1. The van der Waals surface area contributed by atoms with Gasteiger partial charge in [0.25, 0.3) is 0 Å². The van der Waals surface area contributed by atoms with Crippen molar-refractivity contribution in [2.75, 3.05) is 25.2 Å². The number of methoxy groups -OCH3 is 1. The van der Waals surface area contributed by atoms with Gasteiger partial charge in [-0.3, -0.25) is 4.79 Å². The van der Waals surface area contributed by atoms with E-state index in [1.165, 1.54) is 11.1 Å². The second-order valence-electron chi connectivity index (χ2n) is 6.60. The molecule has 0 saturated heterocycles. The number of rotatable bonds is 6. The minimum absolute atomic E-state index is 0.140. The molecule has 0 aromatic heterocycles. The van der Waals surface area contributed by atoms with Gasteiger partial charge in [0.15, 0.2) is 0 Å². The van der Waals surface area contributed by atoms with Gasteiger partial charge < -0.3 is 14.4 Å². The summed E-state index contributed by atoms with van der Waals surface area (Å²) in [5.41, 5.74) is 4.50. The van der Waals surface area contributed by atoms with Crippen molar-refractivity contribution in [1.82, 2.24) is 0 Å². The molecule has 2 aromatic carbocycles. The first-order valence-corrected chi connectivity index (χ1v) is 9.33. The Labute approximate surface area is 155 Å². The summed E-state index contributed by atoms with van der Waals surface area (Å²) >= 11 is 0. The second kappa shape index (κ2) is 8.26. The molecule has 3 rings (SSSR count). The first-order chi connectivity index (χ1) is 12.7. The monoisotopic (exact) mass is 353 g/mol. The Morgan fingerprint density at radius 3 is 2.73 bits per heavy atom. The molecule has 0 N–H and O–H groups in total. The molecule has 1 amide bonds. The fraction of sp³-hybridized carbons (Fsp3) is 0.409. The summed E-state index contributed by atoms with van der Waals surface area (Å²) in [6.07, 6.45) is 3.12. The number of aryl methyl sites for hydroxylation is 2. The van der Waals surface area contributed by atoms with Crippen LogP contribution in [0, 0.1) is 6.92 Å². The minimum atomic E-state index is 0.140. The summed E-state index contributed by atoms with van der Waals surface area (Å²) in [5, 5.41) is 0. The van der Waals surface area contributed by atoms with Gasteiger partial charge in [-0.05, 0) is 61.9 Å². The van der Waals surface area contributed by atoms with Crippen molar-refractivity contribution in [3.63, 3.8) is 0 Å². The maximum absolute atomic E-state index is 13.0. The van der Waals surface area contributed by atoms with E-state index in [0.717, 1.165) is 42.1 Å². The number of hydrogen-bond acceptors (Lipinski definition) is 3. The van der Waals surface area contributed by atoms with Gasteiger partial charge in [-0.25, -0.2) is 0 Å². The summed E-state index contributed by atoms with van der Waals surface area (Å²) in [4.78, 5) is 14.9. The molecular formula is C22H27NO3. The summed E-state index contributed by atoms with van der Waals surface area (Å²) < 4.78 is 11.2. The largest absolute Gasteiger partial charge is 0.495 e. The number of nitrogens with zero attached hydrogens (tertiary/aromatic N) is 1. The van der Waals surface area contributed by atoms with Crippen LogP contribution in [0.25, 0.3) is 0 Å². The van der Waals surface area contributed by atoms with E-state index in [1.54, 1.807) is 7.11 Å².